The van der Waals surface area contributed by atoms with Gasteiger partial charge in [-0.1, -0.05) is 59.3 Å². The van der Waals surface area contributed by atoms with Crippen LogP contribution in [0.2, 0.25) is 0 Å². The fourth-order valence-corrected chi connectivity index (χ4v) is 5.28. The molecule has 1 aliphatic rings. The van der Waals surface area contributed by atoms with Gasteiger partial charge < -0.3 is 14.0 Å². The van der Waals surface area contributed by atoms with Crippen LogP contribution in [-0.4, -0.2) is 34.9 Å². The van der Waals surface area contributed by atoms with Gasteiger partial charge in [0.15, 0.2) is 0 Å². The molecule has 170 valence electrons. The van der Waals surface area contributed by atoms with Crippen LogP contribution < -0.4 is 4.74 Å². The molecule has 4 nitrogen and oxygen atoms in total. The van der Waals surface area contributed by atoms with E-state index in [0.29, 0.717) is 22.8 Å². The van der Waals surface area contributed by atoms with Crippen molar-refractivity contribution in [2.45, 2.75) is 13.3 Å². The molecule has 1 atom stereocenters. The third-order valence-electron chi connectivity index (χ3n) is 5.39. The van der Waals surface area contributed by atoms with Crippen LogP contribution in [-0.2, 0) is 16.0 Å². The van der Waals surface area contributed by atoms with Gasteiger partial charge in [-0.2, -0.15) is 0 Å². The molecule has 0 bridgehead atoms. The van der Waals surface area contributed by atoms with Gasteiger partial charge >= 0.3 is 5.97 Å². The Labute approximate surface area is 210 Å². The van der Waals surface area contributed by atoms with Crippen molar-refractivity contribution in [3.63, 3.8) is 0 Å². The standard InChI is InChI=1S/C27H25IO4S/c1-3-31-27(29)25-24(19-7-5-4-6-8-19)22-14-13-21(17-23(22)26(25)33(2)30)32-16-15-18-9-11-20(28)12-10-18/h4-14,17,30H,3,15-16H2,1-2H3. The molecule has 3 aromatic carbocycles. The number of fused-ring (bicyclic) bond motifs is 1. The first-order valence-electron chi connectivity index (χ1n) is 10.7. The summed E-state index contributed by atoms with van der Waals surface area (Å²) in [5.74, 6) is 0.289. The highest BCUT2D eigenvalue weighted by molar-refractivity contribution is 14.1. The van der Waals surface area contributed by atoms with Crippen LogP contribution in [0.15, 0.2) is 78.4 Å². The zero-order valence-corrected chi connectivity index (χ0v) is 21.5. The highest BCUT2D eigenvalue weighted by Crippen LogP contribution is 2.42. The van der Waals surface area contributed by atoms with Crippen molar-refractivity contribution in [3.8, 4) is 5.75 Å². The van der Waals surface area contributed by atoms with Gasteiger partial charge in [0.1, 0.15) is 5.75 Å². The molecule has 3 aromatic rings. The molecule has 1 N–H and O–H groups in total. The molecule has 0 aromatic heterocycles. The largest absolute Gasteiger partial charge is 0.493 e. The van der Waals surface area contributed by atoms with E-state index in [4.69, 9.17) is 9.47 Å². The molecular formula is C27H25IO4S. The van der Waals surface area contributed by atoms with Gasteiger partial charge in [-0.15, -0.1) is 0 Å². The maximum Gasteiger partial charge on any atom is 0.339 e. The van der Waals surface area contributed by atoms with Crippen molar-refractivity contribution in [3.05, 3.63) is 104 Å². The predicted molar refractivity (Wildman–Crippen MR) is 144 cm³/mol. The minimum Gasteiger partial charge on any atom is -0.493 e. The van der Waals surface area contributed by atoms with Crippen molar-refractivity contribution >= 4 is 49.8 Å². The van der Waals surface area contributed by atoms with Crippen LogP contribution in [0.1, 0.15) is 29.2 Å². The molecule has 6 heteroatoms. The third kappa shape index (κ3) is 5.23. The Morgan fingerprint density at radius 3 is 2.39 bits per heavy atom. The van der Waals surface area contributed by atoms with Crippen LogP contribution in [0.4, 0.5) is 0 Å². The van der Waals surface area contributed by atoms with Crippen LogP contribution >= 0.6 is 33.4 Å². The highest BCUT2D eigenvalue weighted by Gasteiger charge is 2.34. The fourth-order valence-electron chi connectivity index (χ4n) is 3.95. The first-order valence-corrected chi connectivity index (χ1v) is 13.4. The molecule has 0 spiro atoms. The molecule has 33 heavy (non-hydrogen) atoms. The van der Waals surface area contributed by atoms with Crippen molar-refractivity contribution in [2.24, 2.45) is 0 Å². The highest BCUT2D eigenvalue weighted by atomic mass is 127. The maximum absolute atomic E-state index is 13.0. The topological polar surface area (TPSA) is 55.8 Å². The molecule has 0 aliphatic heterocycles. The molecule has 4 rings (SSSR count). The molecule has 1 unspecified atom stereocenters. The van der Waals surface area contributed by atoms with E-state index in [-0.39, 0.29) is 6.61 Å². The van der Waals surface area contributed by atoms with Gasteiger partial charge in [-0.3, -0.25) is 0 Å². The first kappa shape index (κ1) is 23.7. The van der Waals surface area contributed by atoms with Crippen molar-refractivity contribution < 1.29 is 18.8 Å². The number of ether oxygens (including phenoxy) is 2. The molecule has 0 saturated carbocycles. The predicted octanol–water partition coefficient (Wildman–Crippen LogP) is 6.18. The second-order valence-corrected chi connectivity index (χ2v) is 10.2. The summed E-state index contributed by atoms with van der Waals surface area (Å²) in [6.07, 6.45) is 2.50. The summed E-state index contributed by atoms with van der Waals surface area (Å²) in [6, 6.07) is 24.0. The third-order valence-corrected chi connectivity index (χ3v) is 7.13. The minimum atomic E-state index is -1.15. The Hall–Kier alpha value is -2.42. The van der Waals surface area contributed by atoms with Gasteiger partial charge in [-0.05, 0) is 70.5 Å². The fraction of sp³-hybridized carbons (Fsp3) is 0.185. The molecule has 0 heterocycles. The molecule has 0 amide bonds. The summed E-state index contributed by atoms with van der Waals surface area (Å²) < 4.78 is 23.3. The van der Waals surface area contributed by atoms with E-state index in [1.807, 2.05) is 48.5 Å². The number of rotatable bonds is 7. The summed E-state index contributed by atoms with van der Waals surface area (Å²) >= 11 is 2.29. The average Bonchev–Trinajstić information content (AvgIpc) is 3.16. The van der Waals surface area contributed by atoms with Gasteiger partial charge in [-0.25, -0.2) is 4.79 Å². The van der Waals surface area contributed by atoms with Gasteiger partial charge in [0.25, 0.3) is 0 Å². The monoisotopic (exact) mass is 572 g/mol. The van der Waals surface area contributed by atoms with E-state index in [9.17, 15) is 9.35 Å². The van der Waals surface area contributed by atoms with Gasteiger partial charge in [0.2, 0.25) is 0 Å². The Balaban J connectivity index is 1.69. The zero-order chi connectivity index (χ0) is 23.4. The molecular weight excluding hydrogens is 547 g/mol. The lowest BCUT2D eigenvalue weighted by molar-refractivity contribution is -0.137. The summed E-state index contributed by atoms with van der Waals surface area (Å²) in [4.78, 5) is 13.6. The van der Waals surface area contributed by atoms with E-state index >= 15 is 0 Å². The van der Waals surface area contributed by atoms with Crippen molar-refractivity contribution in [1.29, 1.82) is 0 Å². The van der Waals surface area contributed by atoms with Crippen LogP contribution in [0.3, 0.4) is 0 Å². The van der Waals surface area contributed by atoms with Gasteiger partial charge in [0.05, 0.1) is 18.8 Å². The van der Waals surface area contributed by atoms with Crippen molar-refractivity contribution in [1.82, 2.24) is 0 Å². The second kappa shape index (κ2) is 10.7. The number of benzene rings is 3. The molecule has 0 radical (unpaired) electrons. The van der Waals surface area contributed by atoms with Crippen LogP contribution in [0, 0.1) is 3.57 Å². The smallest absolute Gasteiger partial charge is 0.339 e. The summed E-state index contributed by atoms with van der Waals surface area (Å²) in [6.45, 7) is 2.59. The lowest BCUT2D eigenvalue weighted by Gasteiger charge is -2.11. The Morgan fingerprint density at radius 1 is 1.00 bits per heavy atom. The van der Waals surface area contributed by atoms with Gasteiger partial charge in [0, 0.05) is 32.2 Å². The van der Waals surface area contributed by atoms with Crippen LogP contribution in [0.25, 0.3) is 5.57 Å². The second-order valence-electron chi connectivity index (χ2n) is 7.58. The Kier molecular flexibility index (Phi) is 7.67. The number of carbonyl (C=O) groups excluding carboxylic acids is 1. The molecule has 1 aliphatic carbocycles. The maximum atomic E-state index is 13.0. The number of hydrogen-bond acceptors (Lipinski definition) is 4. The van der Waals surface area contributed by atoms with E-state index in [0.717, 1.165) is 28.7 Å². The van der Waals surface area contributed by atoms with E-state index in [1.54, 1.807) is 13.2 Å². The normalized spacial score (nSPS) is 14.7. The quantitative estimate of drug-likeness (QED) is 0.209. The molecule has 0 fully saturated rings. The Bertz CT molecular complexity index is 1230. The number of carbonyl (C=O) groups is 1. The van der Waals surface area contributed by atoms with E-state index in [2.05, 4.69) is 46.9 Å². The Morgan fingerprint density at radius 2 is 1.73 bits per heavy atom. The van der Waals surface area contributed by atoms with E-state index in [1.165, 1.54) is 9.13 Å². The number of halogens is 1. The lowest BCUT2D eigenvalue weighted by atomic mass is 9.97. The summed E-state index contributed by atoms with van der Waals surface area (Å²) in [5.41, 5.74) is 5.07. The first-order chi connectivity index (χ1) is 16.0. The zero-order valence-electron chi connectivity index (χ0n) is 18.5. The van der Waals surface area contributed by atoms with Crippen molar-refractivity contribution in [2.75, 3.05) is 19.5 Å². The average molecular weight is 572 g/mol. The minimum absolute atomic E-state index is 0.268. The van der Waals surface area contributed by atoms with Crippen LogP contribution in [0.5, 0.6) is 5.75 Å². The molecule has 0 saturated heterocycles. The summed E-state index contributed by atoms with van der Waals surface area (Å²) in [5, 5.41) is 0. The lowest BCUT2D eigenvalue weighted by Crippen LogP contribution is -2.15. The van der Waals surface area contributed by atoms with E-state index < -0.39 is 16.7 Å². The summed E-state index contributed by atoms with van der Waals surface area (Å²) in [7, 11) is -1.15. The number of hydrogen-bond donors (Lipinski definition) is 1. The number of esters is 1. The SMILES string of the molecule is CCOC(=O)C1=C(c2ccccc2)c2ccc(OCCc3ccc(I)cc3)cc2/C1=S(/C)O.